The van der Waals surface area contributed by atoms with Gasteiger partial charge in [0.1, 0.15) is 5.75 Å². The fourth-order valence-electron chi connectivity index (χ4n) is 4.19. The van der Waals surface area contributed by atoms with E-state index in [9.17, 15) is 9.90 Å². The molecule has 1 aliphatic carbocycles. The van der Waals surface area contributed by atoms with Crippen LogP contribution in [0.15, 0.2) is 43.5 Å². The predicted octanol–water partition coefficient (Wildman–Crippen LogP) is 4.22. The molecular weight excluding hydrogens is 404 g/mol. The first-order valence-electron chi connectivity index (χ1n) is 11.6. The minimum absolute atomic E-state index is 0.0228. The topological polar surface area (TPSA) is 79.8 Å². The molecule has 0 aliphatic heterocycles. The second-order valence-corrected chi connectivity index (χ2v) is 8.85. The van der Waals surface area contributed by atoms with Gasteiger partial charge in [-0.1, -0.05) is 32.1 Å². The van der Waals surface area contributed by atoms with Crippen molar-refractivity contribution < 1.29 is 19.4 Å². The minimum Gasteiger partial charge on any atom is -0.497 e. The molecule has 0 radical (unpaired) electrons. The van der Waals surface area contributed by atoms with Crippen molar-refractivity contribution in [2.45, 2.75) is 70.2 Å². The number of nitrogens with one attached hydrogen (secondary N) is 2. The first-order valence-corrected chi connectivity index (χ1v) is 11.6. The van der Waals surface area contributed by atoms with Gasteiger partial charge in [-0.3, -0.25) is 4.79 Å². The van der Waals surface area contributed by atoms with Crippen molar-refractivity contribution in [3.63, 3.8) is 0 Å². The van der Waals surface area contributed by atoms with E-state index >= 15 is 0 Å². The van der Waals surface area contributed by atoms with Crippen LogP contribution in [0.3, 0.4) is 0 Å². The zero-order chi connectivity index (χ0) is 23.5. The maximum absolute atomic E-state index is 12.3. The summed E-state index contributed by atoms with van der Waals surface area (Å²) in [6.45, 7) is 12.5. The Morgan fingerprint density at radius 3 is 2.72 bits per heavy atom. The molecule has 0 fully saturated rings. The molecule has 2 rings (SSSR count). The molecule has 6 heteroatoms. The number of aliphatic hydroxyl groups excluding tert-OH is 1. The molecule has 0 bridgehead atoms. The van der Waals surface area contributed by atoms with Crippen LogP contribution >= 0.6 is 0 Å². The zero-order valence-corrected chi connectivity index (χ0v) is 19.8. The number of amides is 1. The Morgan fingerprint density at radius 2 is 2.06 bits per heavy atom. The molecule has 4 atom stereocenters. The van der Waals surface area contributed by atoms with Crippen LogP contribution in [0.4, 0.5) is 0 Å². The van der Waals surface area contributed by atoms with E-state index in [1.165, 1.54) is 0 Å². The molecule has 0 saturated heterocycles. The molecule has 1 aromatic rings. The number of fused-ring (bicyclic) bond motifs is 1. The Kier molecular flexibility index (Phi) is 10.9. The van der Waals surface area contributed by atoms with E-state index in [2.05, 4.69) is 37.6 Å². The third-order valence-electron chi connectivity index (χ3n) is 5.80. The van der Waals surface area contributed by atoms with Gasteiger partial charge >= 0.3 is 0 Å². The molecule has 32 heavy (non-hydrogen) atoms. The summed E-state index contributed by atoms with van der Waals surface area (Å²) in [5.41, 5.74) is 2.26. The van der Waals surface area contributed by atoms with Gasteiger partial charge in [0.05, 0.1) is 32.0 Å². The lowest BCUT2D eigenvalue weighted by atomic mass is 9.98. The SMILES string of the molecule is C=CCCCC(=O)N[C@@H](CC(C)C)[C@H](O)CN[C@H]1C[C@@H](OCC=C)c2ccc(OC)cc21. The molecule has 6 nitrogen and oxygen atoms in total. The fourth-order valence-corrected chi connectivity index (χ4v) is 4.19. The molecule has 0 saturated carbocycles. The monoisotopic (exact) mass is 444 g/mol. The van der Waals surface area contributed by atoms with Crippen molar-refractivity contribution in [3.8, 4) is 5.75 Å². The van der Waals surface area contributed by atoms with Gasteiger partial charge in [0.25, 0.3) is 0 Å². The van der Waals surface area contributed by atoms with Crippen LogP contribution < -0.4 is 15.4 Å². The molecule has 0 unspecified atom stereocenters. The standard InChI is InChI=1S/C26H40N2O4/c1-6-8-9-10-26(30)28-23(14-18(3)4)24(29)17-27-22-16-25(32-13-7-2)20-12-11-19(31-5)15-21(20)22/h6-7,11-12,15,18,22-25,27,29H,1-2,8-10,13-14,16-17H2,3-5H3,(H,28,30)/t22-,23-,24+,25+/m0/s1. The third-order valence-corrected chi connectivity index (χ3v) is 5.80. The van der Waals surface area contributed by atoms with E-state index in [1.807, 2.05) is 24.3 Å². The number of rotatable bonds is 15. The Morgan fingerprint density at radius 1 is 1.28 bits per heavy atom. The Hall–Kier alpha value is -2.15. The molecule has 1 aliphatic rings. The summed E-state index contributed by atoms with van der Waals surface area (Å²) in [4.78, 5) is 12.3. The van der Waals surface area contributed by atoms with Gasteiger partial charge in [0, 0.05) is 19.0 Å². The van der Waals surface area contributed by atoms with Crippen LogP contribution in [0.2, 0.25) is 0 Å². The number of methoxy groups -OCH3 is 1. The van der Waals surface area contributed by atoms with E-state index in [4.69, 9.17) is 9.47 Å². The van der Waals surface area contributed by atoms with Crippen LogP contribution in [0.1, 0.15) is 69.2 Å². The van der Waals surface area contributed by atoms with Crippen LogP contribution in [0.5, 0.6) is 5.75 Å². The van der Waals surface area contributed by atoms with Gasteiger partial charge in [0.15, 0.2) is 0 Å². The smallest absolute Gasteiger partial charge is 0.220 e. The molecular formula is C26H40N2O4. The van der Waals surface area contributed by atoms with Crippen molar-refractivity contribution in [2.24, 2.45) is 5.92 Å². The number of hydrogen-bond donors (Lipinski definition) is 3. The zero-order valence-electron chi connectivity index (χ0n) is 19.8. The average molecular weight is 445 g/mol. The summed E-state index contributed by atoms with van der Waals surface area (Å²) in [5.74, 6) is 1.13. The normalized spacial score (nSPS) is 19.3. The van der Waals surface area contributed by atoms with Crippen LogP contribution in [-0.4, -0.2) is 43.4 Å². The summed E-state index contributed by atoms with van der Waals surface area (Å²) in [7, 11) is 1.66. The highest BCUT2D eigenvalue weighted by Gasteiger charge is 2.33. The van der Waals surface area contributed by atoms with Crippen LogP contribution in [-0.2, 0) is 9.53 Å². The van der Waals surface area contributed by atoms with Crippen molar-refractivity contribution in [3.05, 3.63) is 54.6 Å². The lowest BCUT2D eigenvalue weighted by molar-refractivity contribution is -0.122. The highest BCUT2D eigenvalue weighted by molar-refractivity contribution is 5.76. The largest absolute Gasteiger partial charge is 0.497 e. The van der Waals surface area contributed by atoms with Crippen molar-refractivity contribution in [2.75, 3.05) is 20.3 Å². The van der Waals surface area contributed by atoms with Gasteiger partial charge in [-0.25, -0.2) is 0 Å². The van der Waals surface area contributed by atoms with Crippen molar-refractivity contribution in [1.82, 2.24) is 10.6 Å². The number of unbranched alkanes of at least 4 members (excludes halogenated alkanes) is 1. The number of carbonyl (C=O) groups is 1. The van der Waals surface area contributed by atoms with Gasteiger partial charge in [-0.15, -0.1) is 13.2 Å². The Labute approximate surface area is 193 Å². The first kappa shape index (κ1) is 26.1. The molecule has 0 aromatic heterocycles. The molecule has 1 amide bonds. The second-order valence-electron chi connectivity index (χ2n) is 8.85. The quantitative estimate of drug-likeness (QED) is 0.279. The number of allylic oxidation sites excluding steroid dienone is 1. The average Bonchev–Trinajstić information content (AvgIpc) is 3.12. The highest BCUT2D eigenvalue weighted by atomic mass is 16.5. The Balaban J connectivity index is 2.03. The first-order chi connectivity index (χ1) is 15.4. The Bertz CT molecular complexity index is 749. The second kappa shape index (κ2) is 13.4. The highest BCUT2D eigenvalue weighted by Crippen LogP contribution is 2.42. The lowest BCUT2D eigenvalue weighted by Crippen LogP contribution is -2.48. The van der Waals surface area contributed by atoms with E-state index in [1.54, 1.807) is 13.2 Å². The molecule has 0 spiro atoms. The number of carbonyl (C=O) groups excluding carboxylic acids is 1. The number of hydrogen-bond acceptors (Lipinski definition) is 5. The summed E-state index contributed by atoms with van der Waals surface area (Å²) in [5, 5.41) is 17.5. The van der Waals surface area contributed by atoms with E-state index in [0.29, 0.717) is 25.5 Å². The lowest BCUT2D eigenvalue weighted by Gasteiger charge is -2.27. The number of aliphatic hydroxyl groups is 1. The van der Waals surface area contributed by atoms with Crippen LogP contribution in [0.25, 0.3) is 0 Å². The molecule has 1 aromatic carbocycles. The predicted molar refractivity (Wildman–Crippen MR) is 129 cm³/mol. The van der Waals surface area contributed by atoms with Gasteiger partial charge in [0.2, 0.25) is 5.91 Å². The van der Waals surface area contributed by atoms with Crippen LogP contribution in [0, 0.1) is 5.92 Å². The van der Waals surface area contributed by atoms with Crippen molar-refractivity contribution >= 4 is 5.91 Å². The number of benzene rings is 1. The summed E-state index contributed by atoms with van der Waals surface area (Å²) in [6, 6.07) is 5.76. The fraction of sp³-hybridized carbons (Fsp3) is 0.577. The van der Waals surface area contributed by atoms with E-state index < -0.39 is 6.10 Å². The molecule has 3 N–H and O–H groups in total. The minimum atomic E-state index is -0.692. The summed E-state index contributed by atoms with van der Waals surface area (Å²) < 4.78 is 11.4. The number of ether oxygens (including phenoxy) is 2. The maximum Gasteiger partial charge on any atom is 0.220 e. The molecule has 178 valence electrons. The molecule has 0 heterocycles. The van der Waals surface area contributed by atoms with Gasteiger partial charge < -0.3 is 25.2 Å². The summed E-state index contributed by atoms with van der Waals surface area (Å²) >= 11 is 0. The maximum atomic E-state index is 12.3. The van der Waals surface area contributed by atoms with Crippen molar-refractivity contribution in [1.29, 1.82) is 0 Å². The van der Waals surface area contributed by atoms with E-state index in [-0.39, 0.29) is 24.1 Å². The van der Waals surface area contributed by atoms with Gasteiger partial charge in [-0.05, 0) is 54.9 Å². The summed E-state index contributed by atoms with van der Waals surface area (Å²) in [6.07, 6.45) is 6.36. The van der Waals surface area contributed by atoms with Gasteiger partial charge in [-0.2, -0.15) is 0 Å². The third kappa shape index (κ3) is 7.76. The van der Waals surface area contributed by atoms with E-state index in [0.717, 1.165) is 42.6 Å².